The number of benzene rings is 1. The Hall–Kier alpha value is -1.87. The summed E-state index contributed by atoms with van der Waals surface area (Å²) in [6.45, 7) is 4.83. The number of hydrogen-bond donors (Lipinski definition) is 1. The molecule has 1 aromatic heterocycles. The SMILES string of the molecule is CCOc1ccccc1C[NH+](C)CCc1cccc[nH+]1. The van der Waals surface area contributed by atoms with Crippen LogP contribution in [-0.4, -0.2) is 20.2 Å². The molecule has 0 aliphatic heterocycles. The number of pyridine rings is 1. The van der Waals surface area contributed by atoms with Crippen molar-refractivity contribution in [3.63, 3.8) is 0 Å². The van der Waals surface area contributed by atoms with Gasteiger partial charge in [0.25, 0.3) is 0 Å². The lowest BCUT2D eigenvalue weighted by Crippen LogP contribution is -3.07. The molecule has 1 heterocycles. The van der Waals surface area contributed by atoms with Gasteiger partial charge in [0.15, 0.2) is 11.9 Å². The molecule has 2 aromatic rings. The molecule has 2 N–H and O–H groups in total. The molecule has 3 heteroatoms. The van der Waals surface area contributed by atoms with E-state index in [9.17, 15) is 0 Å². The summed E-state index contributed by atoms with van der Waals surface area (Å²) in [5, 5.41) is 0. The smallest absolute Gasteiger partial charge is 0.185 e. The number of quaternary nitrogens is 1. The van der Waals surface area contributed by atoms with Crippen LogP contribution in [0.25, 0.3) is 0 Å². The second kappa shape index (κ2) is 7.65. The average Bonchev–Trinajstić information content (AvgIpc) is 2.49. The Labute approximate surface area is 121 Å². The van der Waals surface area contributed by atoms with Crippen molar-refractivity contribution in [1.82, 2.24) is 0 Å². The molecule has 1 unspecified atom stereocenters. The summed E-state index contributed by atoms with van der Waals surface area (Å²) in [6.07, 6.45) is 3.04. The summed E-state index contributed by atoms with van der Waals surface area (Å²) in [5.41, 5.74) is 2.56. The Morgan fingerprint density at radius 3 is 2.65 bits per heavy atom. The lowest BCUT2D eigenvalue weighted by Gasteiger charge is -2.15. The molecule has 0 amide bonds. The third kappa shape index (κ3) is 4.35. The molecule has 1 aromatic carbocycles. The van der Waals surface area contributed by atoms with Crippen molar-refractivity contribution in [2.75, 3.05) is 20.2 Å². The molecular weight excluding hydrogens is 248 g/mol. The number of H-pyrrole nitrogens is 1. The second-order valence-corrected chi connectivity index (χ2v) is 5.06. The second-order valence-electron chi connectivity index (χ2n) is 5.06. The lowest BCUT2D eigenvalue weighted by atomic mass is 10.2. The van der Waals surface area contributed by atoms with Gasteiger partial charge < -0.3 is 9.64 Å². The van der Waals surface area contributed by atoms with Crippen molar-refractivity contribution >= 4 is 0 Å². The highest BCUT2D eigenvalue weighted by Gasteiger charge is 2.10. The van der Waals surface area contributed by atoms with Crippen molar-refractivity contribution in [1.29, 1.82) is 0 Å². The normalized spacial score (nSPS) is 12.1. The van der Waals surface area contributed by atoms with Crippen LogP contribution >= 0.6 is 0 Å². The number of aromatic nitrogens is 1. The predicted octanol–water partition coefficient (Wildman–Crippen LogP) is 1.16. The summed E-state index contributed by atoms with van der Waals surface area (Å²) in [7, 11) is 2.23. The number of rotatable bonds is 7. The lowest BCUT2D eigenvalue weighted by molar-refractivity contribution is -0.893. The van der Waals surface area contributed by atoms with Gasteiger partial charge in [-0.25, -0.2) is 4.98 Å². The summed E-state index contributed by atoms with van der Waals surface area (Å²) in [6, 6.07) is 14.5. The van der Waals surface area contributed by atoms with Gasteiger partial charge in [-0.15, -0.1) is 0 Å². The minimum Gasteiger partial charge on any atom is -0.493 e. The molecule has 0 spiro atoms. The minimum absolute atomic E-state index is 0.717. The Kier molecular flexibility index (Phi) is 5.56. The van der Waals surface area contributed by atoms with Crippen molar-refractivity contribution in [2.24, 2.45) is 0 Å². The van der Waals surface area contributed by atoms with E-state index in [2.05, 4.69) is 42.4 Å². The van der Waals surface area contributed by atoms with Gasteiger partial charge in [-0.2, -0.15) is 0 Å². The zero-order chi connectivity index (χ0) is 14.2. The van der Waals surface area contributed by atoms with Gasteiger partial charge in [0.05, 0.1) is 26.6 Å². The van der Waals surface area contributed by atoms with Gasteiger partial charge in [-0.3, -0.25) is 0 Å². The Morgan fingerprint density at radius 1 is 1.10 bits per heavy atom. The first-order chi connectivity index (χ1) is 9.79. The molecule has 0 saturated heterocycles. The van der Waals surface area contributed by atoms with Crippen LogP contribution in [-0.2, 0) is 13.0 Å². The van der Waals surface area contributed by atoms with E-state index < -0.39 is 0 Å². The molecule has 0 bridgehead atoms. The molecule has 2 rings (SSSR count). The first-order valence-corrected chi connectivity index (χ1v) is 7.27. The van der Waals surface area contributed by atoms with E-state index in [4.69, 9.17) is 4.74 Å². The number of nitrogens with one attached hydrogen (secondary N) is 2. The largest absolute Gasteiger partial charge is 0.493 e. The highest BCUT2D eigenvalue weighted by atomic mass is 16.5. The summed E-state index contributed by atoms with van der Waals surface area (Å²) < 4.78 is 5.68. The van der Waals surface area contributed by atoms with Crippen LogP contribution in [0.2, 0.25) is 0 Å². The van der Waals surface area contributed by atoms with Gasteiger partial charge in [-0.1, -0.05) is 18.2 Å². The zero-order valence-electron chi connectivity index (χ0n) is 12.4. The first-order valence-electron chi connectivity index (χ1n) is 7.27. The number of aromatic amines is 1. The van der Waals surface area contributed by atoms with Crippen LogP contribution in [0.3, 0.4) is 0 Å². The van der Waals surface area contributed by atoms with Gasteiger partial charge in [0, 0.05) is 17.7 Å². The van der Waals surface area contributed by atoms with Crippen molar-refractivity contribution in [2.45, 2.75) is 19.9 Å². The zero-order valence-corrected chi connectivity index (χ0v) is 12.4. The van der Waals surface area contributed by atoms with E-state index in [0.29, 0.717) is 0 Å². The van der Waals surface area contributed by atoms with Crippen LogP contribution in [0.15, 0.2) is 48.7 Å². The predicted molar refractivity (Wildman–Crippen MR) is 79.8 cm³/mol. The third-order valence-electron chi connectivity index (χ3n) is 3.36. The van der Waals surface area contributed by atoms with Gasteiger partial charge in [-0.05, 0) is 19.1 Å². The summed E-state index contributed by atoms with van der Waals surface area (Å²) in [4.78, 5) is 4.76. The quantitative estimate of drug-likeness (QED) is 0.805. The van der Waals surface area contributed by atoms with Crippen LogP contribution < -0.4 is 14.6 Å². The number of para-hydroxylation sites is 1. The van der Waals surface area contributed by atoms with Gasteiger partial charge >= 0.3 is 0 Å². The Morgan fingerprint density at radius 2 is 1.90 bits per heavy atom. The maximum Gasteiger partial charge on any atom is 0.185 e. The van der Waals surface area contributed by atoms with Crippen molar-refractivity contribution in [3.05, 3.63) is 59.9 Å². The molecule has 20 heavy (non-hydrogen) atoms. The van der Waals surface area contributed by atoms with E-state index in [0.717, 1.165) is 31.9 Å². The van der Waals surface area contributed by atoms with E-state index in [1.165, 1.54) is 16.2 Å². The van der Waals surface area contributed by atoms with E-state index in [1.54, 1.807) is 0 Å². The van der Waals surface area contributed by atoms with E-state index >= 15 is 0 Å². The fourth-order valence-corrected chi connectivity index (χ4v) is 2.29. The molecular formula is C17H24N2O+2. The fourth-order valence-electron chi connectivity index (χ4n) is 2.29. The van der Waals surface area contributed by atoms with Crippen LogP contribution in [0.5, 0.6) is 5.75 Å². The number of likely N-dealkylation sites (N-methyl/N-ethyl adjacent to an activating group) is 1. The standard InChI is InChI=1S/C17H22N2O/c1-3-20-17-10-5-4-8-15(17)14-19(2)13-11-16-9-6-7-12-18-16/h4-10,12H,3,11,13-14H2,1-2H3/p+2. The maximum atomic E-state index is 5.68. The molecule has 0 aliphatic rings. The Bertz CT molecular complexity index is 513. The van der Waals surface area contributed by atoms with Crippen LogP contribution in [0.1, 0.15) is 18.2 Å². The third-order valence-corrected chi connectivity index (χ3v) is 3.36. The topological polar surface area (TPSA) is 27.8 Å². The van der Waals surface area contributed by atoms with Crippen LogP contribution in [0.4, 0.5) is 0 Å². The van der Waals surface area contributed by atoms with Gasteiger partial charge in [0.2, 0.25) is 0 Å². The van der Waals surface area contributed by atoms with Crippen LogP contribution in [0, 0.1) is 0 Å². The van der Waals surface area contributed by atoms with E-state index in [-0.39, 0.29) is 0 Å². The highest BCUT2D eigenvalue weighted by Crippen LogP contribution is 2.16. The first kappa shape index (κ1) is 14.5. The molecule has 0 saturated carbocycles. The molecule has 1 atom stereocenters. The monoisotopic (exact) mass is 272 g/mol. The van der Waals surface area contributed by atoms with Crippen molar-refractivity contribution in [3.8, 4) is 5.75 Å². The molecule has 0 fully saturated rings. The fraction of sp³-hybridized carbons (Fsp3) is 0.353. The highest BCUT2D eigenvalue weighted by molar-refractivity contribution is 5.32. The van der Waals surface area contributed by atoms with E-state index in [1.807, 2.05) is 25.3 Å². The summed E-state index contributed by atoms with van der Waals surface area (Å²) >= 11 is 0. The summed E-state index contributed by atoms with van der Waals surface area (Å²) in [5.74, 6) is 1.01. The van der Waals surface area contributed by atoms with Gasteiger partial charge in [0.1, 0.15) is 12.3 Å². The molecule has 0 aliphatic carbocycles. The number of hydrogen-bond acceptors (Lipinski definition) is 1. The Balaban J connectivity index is 1.89. The average molecular weight is 272 g/mol. The molecule has 0 radical (unpaired) electrons. The molecule has 106 valence electrons. The number of ether oxygens (including phenoxy) is 1. The maximum absolute atomic E-state index is 5.68. The van der Waals surface area contributed by atoms with Crippen molar-refractivity contribution < 1.29 is 14.6 Å². The minimum atomic E-state index is 0.717. The molecule has 3 nitrogen and oxygen atoms in total.